The largest absolute Gasteiger partial charge is 0.311 e. The molecule has 0 N–H and O–H groups in total. The van der Waals surface area contributed by atoms with Crippen molar-refractivity contribution in [1.29, 1.82) is 0 Å². The summed E-state index contributed by atoms with van der Waals surface area (Å²) in [6.45, 7) is 0. The predicted octanol–water partition coefficient (Wildman–Crippen LogP) is 16.4. The lowest BCUT2D eigenvalue weighted by Crippen LogP contribution is -2.10. The summed E-state index contributed by atoms with van der Waals surface area (Å²) in [5, 5.41) is 5.05. The summed E-state index contributed by atoms with van der Waals surface area (Å²) < 4.78 is 4.76. The molecule has 0 saturated heterocycles. The standard InChI is InChI=1S/C60H41N3/c1-2-13-42(14-3-1)43-25-27-44(28-26-43)45-29-33-48(34-30-45)61(50-37-39-51(40-38-50)62-57-21-8-4-17-53(57)54-18-5-9-22-58(54)62)49-35-31-46(32-36-49)47-15-12-16-52(41-47)63-59-23-10-6-19-55(59)56-20-7-11-24-60(56)63/h1-41H. The Morgan fingerprint density at radius 1 is 0.222 bits per heavy atom. The zero-order valence-electron chi connectivity index (χ0n) is 34.5. The van der Waals surface area contributed by atoms with E-state index in [4.69, 9.17) is 0 Å². The van der Waals surface area contributed by atoms with E-state index >= 15 is 0 Å². The number of aromatic nitrogens is 2. The normalized spacial score (nSPS) is 11.5. The number of benzene rings is 10. The fourth-order valence-electron chi connectivity index (χ4n) is 9.52. The monoisotopic (exact) mass is 803 g/mol. The molecular formula is C60H41N3. The average molecular weight is 804 g/mol. The van der Waals surface area contributed by atoms with E-state index in [2.05, 4.69) is 263 Å². The molecule has 0 saturated carbocycles. The van der Waals surface area contributed by atoms with Gasteiger partial charge >= 0.3 is 0 Å². The molecule has 10 aromatic carbocycles. The van der Waals surface area contributed by atoms with Gasteiger partial charge in [0.05, 0.1) is 22.1 Å². The molecule has 3 nitrogen and oxygen atoms in total. The van der Waals surface area contributed by atoms with Gasteiger partial charge in [0.25, 0.3) is 0 Å². The molecule has 0 aliphatic carbocycles. The van der Waals surface area contributed by atoms with Crippen LogP contribution in [0.5, 0.6) is 0 Å². The summed E-state index contributed by atoms with van der Waals surface area (Å²) in [6.07, 6.45) is 0. The summed E-state index contributed by atoms with van der Waals surface area (Å²) in [7, 11) is 0. The summed E-state index contributed by atoms with van der Waals surface area (Å²) in [5.41, 5.74) is 17.5. The fourth-order valence-corrected chi connectivity index (χ4v) is 9.52. The minimum Gasteiger partial charge on any atom is -0.311 e. The van der Waals surface area contributed by atoms with Gasteiger partial charge in [-0.05, 0) is 118 Å². The minimum absolute atomic E-state index is 1.08. The first-order chi connectivity index (χ1) is 31.2. The van der Waals surface area contributed by atoms with Gasteiger partial charge in [0, 0.05) is 50.0 Å². The third-order valence-corrected chi connectivity index (χ3v) is 12.5. The van der Waals surface area contributed by atoms with Crippen molar-refractivity contribution in [1.82, 2.24) is 9.13 Å². The lowest BCUT2D eigenvalue weighted by Gasteiger charge is -2.26. The van der Waals surface area contributed by atoms with Crippen LogP contribution in [-0.2, 0) is 0 Å². The van der Waals surface area contributed by atoms with Crippen LogP contribution in [0.2, 0.25) is 0 Å². The second kappa shape index (κ2) is 15.3. The van der Waals surface area contributed by atoms with Crippen molar-refractivity contribution in [3.05, 3.63) is 249 Å². The Bertz CT molecular complexity index is 3470. The van der Waals surface area contributed by atoms with Crippen LogP contribution in [-0.4, -0.2) is 9.13 Å². The molecule has 2 aromatic heterocycles. The van der Waals surface area contributed by atoms with Crippen molar-refractivity contribution < 1.29 is 0 Å². The molecule has 3 heteroatoms. The zero-order chi connectivity index (χ0) is 41.7. The maximum atomic E-state index is 2.38. The van der Waals surface area contributed by atoms with Crippen LogP contribution in [0.4, 0.5) is 17.1 Å². The first kappa shape index (κ1) is 36.5. The van der Waals surface area contributed by atoms with Crippen LogP contribution in [0.25, 0.3) is 88.4 Å². The Balaban J connectivity index is 0.919. The van der Waals surface area contributed by atoms with E-state index in [1.54, 1.807) is 0 Å². The van der Waals surface area contributed by atoms with Gasteiger partial charge in [-0.15, -0.1) is 0 Å². The van der Waals surface area contributed by atoms with Crippen molar-refractivity contribution in [3.8, 4) is 44.8 Å². The summed E-state index contributed by atoms with van der Waals surface area (Å²) >= 11 is 0. The molecule has 0 spiro atoms. The highest BCUT2D eigenvalue weighted by Gasteiger charge is 2.17. The molecule has 2 heterocycles. The molecule has 296 valence electrons. The van der Waals surface area contributed by atoms with Crippen LogP contribution >= 0.6 is 0 Å². The van der Waals surface area contributed by atoms with Crippen molar-refractivity contribution in [2.24, 2.45) is 0 Å². The molecule has 0 aliphatic rings. The van der Waals surface area contributed by atoms with Gasteiger partial charge in [0.2, 0.25) is 0 Å². The first-order valence-electron chi connectivity index (χ1n) is 21.6. The highest BCUT2D eigenvalue weighted by molar-refractivity contribution is 6.10. The van der Waals surface area contributed by atoms with Crippen LogP contribution < -0.4 is 4.90 Å². The summed E-state index contributed by atoms with van der Waals surface area (Å²) in [5.74, 6) is 0. The first-order valence-corrected chi connectivity index (χ1v) is 21.6. The maximum Gasteiger partial charge on any atom is 0.0541 e. The number of hydrogen-bond donors (Lipinski definition) is 0. The number of para-hydroxylation sites is 4. The molecule has 0 amide bonds. The number of nitrogens with zero attached hydrogens (tertiary/aromatic N) is 3. The van der Waals surface area contributed by atoms with Crippen molar-refractivity contribution >= 4 is 60.7 Å². The number of anilines is 3. The Kier molecular flexibility index (Phi) is 8.83. The van der Waals surface area contributed by atoms with Crippen LogP contribution in [0, 0.1) is 0 Å². The van der Waals surface area contributed by atoms with Gasteiger partial charge in [-0.2, -0.15) is 0 Å². The van der Waals surface area contributed by atoms with E-state index < -0.39 is 0 Å². The van der Waals surface area contributed by atoms with Crippen molar-refractivity contribution in [2.45, 2.75) is 0 Å². The third kappa shape index (κ3) is 6.38. The molecule has 0 unspecified atom stereocenters. The van der Waals surface area contributed by atoms with Crippen molar-refractivity contribution in [2.75, 3.05) is 4.90 Å². The number of fused-ring (bicyclic) bond motifs is 6. The Hall–Kier alpha value is -8.40. The van der Waals surface area contributed by atoms with Crippen LogP contribution in [0.3, 0.4) is 0 Å². The van der Waals surface area contributed by atoms with E-state index in [9.17, 15) is 0 Å². The highest BCUT2D eigenvalue weighted by atomic mass is 15.1. The van der Waals surface area contributed by atoms with Crippen LogP contribution in [0.15, 0.2) is 249 Å². The number of rotatable bonds is 8. The number of hydrogen-bond acceptors (Lipinski definition) is 1. The maximum absolute atomic E-state index is 2.38. The Morgan fingerprint density at radius 2 is 0.540 bits per heavy atom. The summed E-state index contributed by atoms with van der Waals surface area (Å²) in [4.78, 5) is 2.36. The molecule has 12 aromatic rings. The average Bonchev–Trinajstić information content (AvgIpc) is 3.88. The zero-order valence-corrected chi connectivity index (χ0v) is 34.5. The molecule has 63 heavy (non-hydrogen) atoms. The van der Waals surface area contributed by atoms with E-state index in [1.807, 2.05) is 0 Å². The molecule has 0 bridgehead atoms. The molecule has 0 atom stereocenters. The third-order valence-electron chi connectivity index (χ3n) is 12.5. The SMILES string of the molecule is c1ccc(-c2ccc(-c3ccc(N(c4ccc(-c5cccc(-n6c7ccccc7c7ccccc76)c5)cc4)c4ccc(-n5c6ccccc6c6ccccc65)cc4)cc3)cc2)cc1. The van der Waals surface area contributed by atoms with E-state index in [1.165, 1.54) is 71.4 Å². The van der Waals surface area contributed by atoms with E-state index in [0.717, 1.165) is 34.0 Å². The molecule has 12 rings (SSSR count). The quantitative estimate of drug-likeness (QED) is 0.149. The van der Waals surface area contributed by atoms with Gasteiger partial charge in [-0.3, -0.25) is 0 Å². The lowest BCUT2D eigenvalue weighted by molar-refractivity contribution is 1.17. The van der Waals surface area contributed by atoms with Crippen LogP contribution in [0.1, 0.15) is 0 Å². The molecule has 0 fully saturated rings. The fraction of sp³-hybridized carbons (Fsp3) is 0. The molecule has 0 aliphatic heterocycles. The second-order valence-corrected chi connectivity index (χ2v) is 16.2. The van der Waals surface area contributed by atoms with Gasteiger partial charge < -0.3 is 14.0 Å². The van der Waals surface area contributed by atoms with E-state index in [-0.39, 0.29) is 0 Å². The van der Waals surface area contributed by atoms with Crippen molar-refractivity contribution in [3.63, 3.8) is 0 Å². The lowest BCUT2D eigenvalue weighted by atomic mass is 10.00. The summed E-state index contributed by atoms with van der Waals surface area (Å²) in [6, 6.07) is 90.0. The van der Waals surface area contributed by atoms with Gasteiger partial charge in [0.15, 0.2) is 0 Å². The van der Waals surface area contributed by atoms with Gasteiger partial charge in [0.1, 0.15) is 0 Å². The molecule has 0 radical (unpaired) electrons. The smallest absolute Gasteiger partial charge is 0.0541 e. The Labute approximate surface area is 366 Å². The highest BCUT2D eigenvalue weighted by Crippen LogP contribution is 2.40. The second-order valence-electron chi connectivity index (χ2n) is 16.2. The Morgan fingerprint density at radius 3 is 0.984 bits per heavy atom. The molecular weight excluding hydrogens is 763 g/mol. The van der Waals surface area contributed by atoms with Gasteiger partial charge in [-0.25, -0.2) is 0 Å². The topological polar surface area (TPSA) is 13.1 Å². The van der Waals surface area contributed by atoms with Gasteiger partial charge in [-0.1, -0.05) is 164 Å². The minimum atomic E-state index is 1.08. The van der Waals surface area contributed by atoms with E-state index in [0.29, 0.717) is 0 Å². The predicted molar refractivity (Wildman–Crippen MR) is 266 cm³/mol.